The van der Waals surface area contributed by atoms with Gasteiger partial charge in [-0.15, -0.1) is 0 Å². The molecule has 0 rings (SSSR count). The van der Waals surface area contributed by atoms with Gasteiger partial charge in [-0.25, -0.2) is 19.9 Å². The molecular weight excluding hydrogens is 213 g/mol. The Hall–Kier alpha value is -1.11. The normalized spacial score (nSPS) is 10.5. The fourth-order valence-electron chi connectivity index (χ4n) is 0.463. The van der Waals surface area contributed by atoms with Crippen LogP contribution in [0.2, 0.25) is 0 Å². The van der Waals surface area contributed by atoms with E-state index in [1.807, 2.05) is 15.9 Å². The van der Waals surface area contributed by atoms with Crippen LogP contribution in [0.25, 0.3) is 0 Å². The number of amides is 3. The number of hydrogen-bond donors (Lipinski definition) is 3. The minimum Gasteiger partial charge on any atom is -0.296 e. The van der Waals surface area contributed by atoms with E-state index in [0.29, 0.717) is 0 Å². The third-order valence-electron chi connectivity index (χ3n) is 1.07. The van der Waals surface area contributed by atoms with Crippen molar-refractivity contribution in [1.82, 2.24) is 15.9 Å². The lowest BCUT2D eigenvalue weighted by atomic mass is 10.8. The van der Waals surface area contributed by atoms with Gasteiger partial charge in [0, 0.05) is 21.1 Å². The van der Waals surface area contributed by atoms with Crippen LogP contribution in [0.5, 0.6) is 0 Å². The summed E-state index contributed by atoms with van der Waals surface area (Å²) >= 11 is 0. The summed E-state index contributed by atoms with van der Waals surface area (Å²) in [7, 11) is -1.38. The Morgan fingerprint density at radius 2 is 1.64 bits per heavy atom. The van der Waals surface area contributed by atoms with Crippen molar-refractivity contribution in [3.8, 4) is 0 Å². The van der Waals surface area contributed by atoms with Gasteiger partial charge in [-0.1, -0.05) is 0 Å². The zero-order valence-electron chi connectivity index (χ0n) is 7.99. The first-order valence-corrected chi connectivity index (χ1v) is 5.04. The largest absolute Gasteiger partial charge is 0.435 e. The van der Waals surface area contributed by atoms with E-state index in [1.165, 1.54) is 6.92 Å². The highest BCUT2D eigenvalue weighted by Gasteiger charge is 2.23. The summed E-state index contributed by atoms with van der Waals surface area (Å²) in [4.78, 5) is 21.3. The molecule has 0 spiro atoms. The third-order valence-corrected chi connectivity index (χ3v) is 2.51. The van der Waals surface area contributed by atoms with Gasteiger partial charge in [-0.05, 0) is 0 Å². The molecule has 0 fully saturated rings. The van der Waals surface area contributed by atoms with E-state index in [0.717, 1.165) is 14.2 Å². The van der Waals surface area contributed by atoms with E-state index in [-0.39, 0.29) is 0 Å². The van der Waals surface area contributed by atoms with Crippen LogP contribution in [0.15, 0.2) is 0 Å². The zero-order chi connectivity index (χ0) is 11.2. The highest BCUT2D eigenvalue weighted by Crippen LogP contribution is 2.40. The minimum atomic E-state index is -3.61. The fraction of sp³-hybridized carbons (Fsp3) is 0.600. The van der Waals surface area contributed by atoms with E-state index < -0.39 is 19.7 Å². The number of hydrogen-bond acceptors (Lipinski definition) is 5. The van der Waals surface area contributed by atoms with E-state index >= 15 is 0 Å². The molecule has 14 heavy (non-hydrogen) atoms. The minimum absolute atomic E-state index is 0.468. The van der Waals surface area contributed by atoms with Crippen LogP contribution in [0, 0.1) is 0 Å². The third kappa shape index (κ3) is 4.80. The van der Waals surface area contributed by atoms with Crippen molar-refractivity contribution in [3.63, 3.8) is 0 Å². The Kier molecular flexibility index (Phi) is 5.14. The predicted molar refractivity (Wildman–Crippen MR) is 47.1 cm³/mol. The summed E-state index contributed by atoms with van der Waals surface area (Å²) in [6.45, 7) is 1.20. The highest BCUT2D eigenvalue weighted by atomic mass is 31.2. The summed E-state index contributed by atoms with van der Waals surface area (Å²) in [6.07, 6.45) is 0. The van der Waals surface area contributed by atoms with E-state index in [2.05, 4.69) is 9.05 Å². The van der Waals surface area contributed by atoms with Gasteiger partial charge in [-0.3, -0.25) is 19.3 Å². The molecule has 0 radical (unpaired) electrons. The summed E-state index contributed by atoms with van der Waals surface area (Å²) in [5.41, 5.74) is 3.91. The predicted octanol–water partition coefficient (Wildman–Crippen LogP) is -0.262. The molecular formula is C5H12N3O5P. The van der Waals surface area contributed by atoms with Crippen molar-refractivity contribution in [2.24, 2.45) is 0 Å². The van der Waals surface area contributed by atoms with Crippen molar-refractivity contribution < 1.29 is 23.2 Å². The Balaban J connectivity index is 4.05. The molecule has 0 aromatic carbocycles. The quantitative estimate of drug-likeness (QED) is 0.453. The lowest BCUT2D eigenvalue weighted by Crippen LogP contribution is -2.45. The van der Waals surface area contributed by atoms with Gasteiger partial charge >= 0.3 is 13.8 Å². The first-order valence-electron chi connectivity index (χ1n) is 3.50. The number of hydrazine groups is 1. The molecule has 0 heterocycles. The molecule has 0 bridgehead atoms. The van der Waals surface area contributed by atoms with Crippen LogP contribution in [0.1, 0.15) is 6.92 Å². The zero-order valence-corrected chi connectivity index (χ0v) is 8.88. The maximum Gasteiger partial charge on any atom is 0.435 e. The fourth-order valence-corrected chi connectivity index (χ4v) is 1.10. The van der Waals surface area contributed by atoms with Gasteiger partial charge in [0.15, 0.2) is 0 Å². The monoisotopic (exact) mass is 225 g/mol. The van der Waals surface area contributed by atoms with Gasteiger partial charge in [0.1, 0.15) is 0 Å². The van der Waals surface area contributed by atoms with Gasteiger partial charge in [-0.2, -0.15) is 0 Å². The molecule has 0 unspecified atom stereocenters. The molecule has 0 saturated heterocycles. The van der Waals surface area contributed by atoms with Gasteiger partial charge < -0.3 is 0 Å². The van der Waals surface area contributed by atoms with Crippen LogP contribution in [0.4, 0.5) is 4.79 Å². The van der Waals surface area contributed by atoms with Crippen molar-refractivity contribution in [2.45, 2.75) is 6.92 Å². The Bertz CT molecular complexity index is 260. The van der Waals surface area contributed by atoms with Crippen LogP contribution in [-0.2, 0) is 18.4 Å². The lowest BCUT2D eigenvalue weighted by Gasteiger charge is -2.14. The van der Waals surface area contributed by atoms with E-state index in [1.54, 1.807) is 0 Å². The van der Waals surface area contributed by atoms with Crippen LogP contribution in [0.3, 0.4) is 0 Å². The molecule has 0 saturated carbocycles. The molecule has 3 amide bonds. The topological polar surface area (TPSA) is 106 Å². The first kappa shape index (κ1) is 12.9. The molecule has 9 heteroatoms. The van der Waals surface area contributed by atoms with Gasteiger partial charge in [0.05, 0.1) is 0 Å². The standard InChI is InChI=1S/C5H12N3O5P/c1-4(9)6-7-5(10)8-14(11,12-2)13-3/h1-3H3,(H,6,9)(H2,7,8,10,11). The second kappa shape index (κ2) is 5.58. The van der Waals surface area contributed by atoms with Crippen molar-refractivity contribution in [2.75, 3.05) is 14.2 Å². The van der Waals surface area contributed by atoms with E-state index in [4.69, 9.17) is 0 Å². The maximum atomic E-state index is 11.3. The Labute approximate surface area is 80.9 Å². The molecule has 0 aromatic rings. The lowest BCUT2D eigenvalue weighted by molar-refractivity contribution is -0.119. The number of nitrogens with one attached hydrogen (secondary N) is 3. The number of carbonyl (C=O) groups is 2. The Morgan fingerprint density at radius 3 is 2.00 bits per heavy atom. The SMILES string of the molecule is COP(=O)(NC(=O)NNC(C)=O)OC. The smallest absolute Gasteiger partial charge is 0.296 e. The second-order valence-corrected chi connectivity index (χ2v) is 4.06. The van der Waals surface area contributed by atoms with Crippen molar-refractivity contribution in [1.29, 1.82) is 0 Å². The second-order valence-electron chi connectivity index (χ2n) is 2.11. The molecule has 0 aliphatic carbocycles. The van der Waals surface area contributed by atoms with Gasteiger partial charge in [0.25, 0.3) is 0 Å². The molecule has 3 N–H and O–H groups in total. The maximum absolute atomic E-state index is 11.3. The summed E-state index contributed by atoms with van der Waals surface area (Å²) in [5, 5.41) is 1.89. The van der Waals surface area contributed by atoms with Crippen molar-refractivity contribution in [3.05, 3.63) is 0 Å². The van der Waals surface area contributed by atoms with Crippen LogP contribution in [-0.4, -0.2) is 26.2 Å². The average Bonchev–Trinajstić information content (AvgIpc) is 2.14. The van der Waals surface area contributed by atoms with Crippen molar-refractivity contribution >= 4 is 19.7 Å². The molecule has 0 aliphatic heterocycles. The molecule has 0 aliphatic rings. The molecule has 0 aromatic heterocycles. The van der Waals surface area contributed by atoms with E-state index in [9.17, 15) is 14.2 Å². The molecule has 0 atom stereocenters. The molecule has 82 valence electrons. The first-order chi connectivity index (χ1) is 6.43. The summed E-state index contributed by atoms with van der Waals surface area (Å²) < 4.78 is 20.1. The van der Waals surface area contributed by atoms with Gasteiger partial charge in [0.2, 0.25) is 5.91 Å². The summed E-state index contributed by atoms with van der Waals surface area (Å²) in [5.74, 6) is -0.468. The molecule has 8 nitrogen and oxygen atoms in total. The number of carbonyl (C=O) groups excluding carboxylic acids is 2. The average molecular weight is 225 g/mol. The highest BCUT2D eigenvalue weighted by molar-refractivity contribution is 7.52. The summed E-state index contributed by atoms with van der Waals surface area (Å²) in [6, 6.07) is -0.896. The Morgan fingerprint density at radius 1 is 1.14 bits per heavy atom. The van der Waals surface area contributed by atoms with Crippen LogP contribution < -0.4 is 15.9 Å². The number of rotatable bonds is 3. The van der Waals surface area contributed by atoms with Crippen LogP contribution >= 0.6 is 7.75 Å². The number of urea groups is 1.